The average molecular weight is 374 g/mol. The molecule has 0 aliphatic carbocycles. The monoisotopic (exact) mass is 374 g/mol. The minimum absolute atomic E-state index is 0.263. The third-order valence-corrected chi connectivity index (χ3v) is 5.27. The largest absolute Gasteiger partial charge is 0.459 e. The Kier molecular flexibility index (Phi) is 5.56. The van der Waals surface area contributed by atoms with Crippen LogP contribution in [-0.4, -0.2) is 17.5 Å². The first kappa shape index (κ1) is 18.4. The number of rotatable bonds is 5. The van der Waals surface area contributed by atoms with E-state index in [1.807, 2.05) is 20.8 Å². The first-order chi connectivity index (χ1) is 12.5. The molecule has 2 N–H and O–H groups in total. The highest BCUT2D eigenvalue weighted by Crippen LogP contribution is 2.26. The maximum absolute atomic E-state index is 13.4. The maximum Gasteiger partial charge on any atom is 0.192 e. The molecule has 0 radical (unpaired) electrons. The molecule has 0 fully saturated rings. The van der Waals surface area contributed by atoms with E-state index in [4.69, 9.17) is 4.42 Å². The minimum Gasteiger partial charge on any atom is -0.459 e. The van der Waals surface area contributed by atoms with E-state index in [0.29, 0.717) is 24.6 Å². The summed E-state index contributed by atoms with van der Waals surface area (Å²) in [4.78, 5) is 10.4. The van der Waals surface area contributed by atoms with Crippen LogP contribution in [0.4, 0.5) is 4.39 Å². The second-order valence-corrected chi connectivity index (χ2v) is 7.38. The van der Waals surface area contributed by atoms with Gasteiger partial charge in [0.1, 0.15) is 28.7 Å². The number of halogens is 1. The molecular formula is C19H23FN4OS. The molecule has 26 heavy (non-hydrogen) atoms. The van der Waals surface area contributed by atoms with Crippen molar-refractivity contribution in [2.45, 2.75) is 40.8 Å². The number of aliphatic imine (C=N–C) groups is 1. The van der Waals surface area contributed by atoms with E-state index in [2.05, 4.69) is 27.5 Å². The van der Waals surface area contributed by atoms with Crippen LogP contribution in [-0.2, 0) is 13.1 Å². The normalized spacial score (nSPS) is 12.0. The molecule has 3 rings (SSSR count). The topological polar surface area (TPSA) is 62.5 Å². The van der Waals surface area contributed by atoms with E-state index in [9.17, 15) is 4.39 Å². The maximum atomic E-state index is 13.4. The zero-order chi connectivity index (χ0) is 18.7. The fraction of sp³-hybridized carbons (Fsp3) is 0.368. The van der Waals surface area contributed by atoms with Crippen LogP contribution in [0.15, 0.2) is 27.6 Å². The Balaban J connectivity index is 1.73. The molecule has 138 valence electrons. The van der Waals surface area contributed by atoms with Crippen molar-refractivity contribution >= 4 is 28.3 Å². The van der Waals surface area contributed by atoms with E-state index in [-0.39, 0.29) is 5.82 Å². The average Bonchev–Trinajstić information content (AvgIpc) is 3.10. The number of aromatic nitrogens is 1. The van der Waals surface area contributed by atoms with Gasteiger partial charge >= 0.3 is 0 Å². The number of furan rings is 1. The van der Waals surface area contributed by atoms with Crippen LogP contribution >= 0.6 is 11.3 Å². The summed E-state index contributed by atoms with van der Waals surface area (Å²) >= 11 is 1.69. The Morgan fingerprint density at radius 2 is 2.08 bits per heavy atom. The van der Waals surface area contributed by atoms with E-state index < -0.39 is 0 Å². The summed E-state index contributed by atoms with van der Waals surface area (Å²) in [5.41, 5.74) is 2.67. The van der Waals surface area contributed by atoms with Crippen LogP contribution in [0.25, 0.3) is 11.0 Å². The summed E-state index contributed by atoms with van der Waals surface area (Å²) in [6.45, 7) is 9.79. The van der Waals surface area contributed by atoms with E-state index in [0.717, 1.165) is 34.0 Å². The first-order valence-corrected chi connectivity index (χ1v) is 9.42. The number of nitrogens with zero attached hydrogens (tertiary/aromatic N) is 2. The predicted molar refractivity (Wildman–Crippen MR) is 104 cm³/mol. The molecule has 0 unspecified atom stereocenters. The summed E-state index contributed by atoms with van der Waals surface area (Å²) in [7, 11) is 0. The third-order valence-electron chi connectivity index (χ3n) is 4.20. The van der Waals surface area contributed by atoms with Gasteiger partial charge in [-0.25, -0.2) is 14.4 Å². The number of fused-ring (bicyclic) bond motifs is 1. The van der Waals surface area contributed by atoms with Gasteiger partial charge in [0.05, 0.1) is 12.2 Å². The van der Waals surface area contributed by atoms with Crippen molar-refractivity contribution < 1.29 is 8.81 Å². The molecular weight excluding hydrogens is 351 g/mol. The molecule has 0 amide bonds. The van der Waals surface area contributed by atoms with Gasteiger partial charge in [-0.15, -0.1) is 11.3 Å². The van der Waals surface area contributed by atoms with Gasteiger partial charge in [-0.1, -0.05) is 0 Å². The third kappa shape index (κ3) is 4.04. The quantitative estimate of drug-likeness (QED) is 0.519. The molecule has 7 heteroatoms. The molecule has 0 aliphatic heterocycles. The van der Waals surface area contributed by atoms with Gasteiger partial charge in [-0.05, 0) is 45.9 Å². The van der Waals surface area contributed by atoms with Gasteiger partial charge in [-0.2, -0.15) is 0 Å². The number of guanidine groups is 1. The fourth-order valence-corrected chi connectivity index (χ4v) is 3.54. The lowest BCUT2D eigenvalue weighted by Crippen LogP contribution is -2.36. The van der Waals surface area contributed by atoms with Crippen LogP contribution in [0.3, 0.4) is 0 Å². The molecule has 2 heterocycles. The number of nitrogens with one attached hydrogen (secondary N) is 2. The number of hydrogen-bond donors (Lipinski definition) is 2. The van der Waals surface area contributed by atoms with Crippen molar-refractivity contribution in [2.24, 2.45) is 4.99 Å². The lowest BCUT2D eigenvalue weighted by Gasteiger charge is -2.09. The van der Waals surface area contributed by atoms with Gasteiger partial charge in [0.25, 0.3) is 0 Å². The fourth-order valence-electron chi connectivity index (χ4n) is 2.66. The minimum atomic E-state index is -0.263. The van der Waals surface area contributed by atoms with Crippen LogP contribution in [0.5, 0.6) is 0 Å². The van der Waals surface area contributed by atoms with Crippen molar-refractivity contribution in [1.82, 2.24) is 15.6 Å². The van der Waals surface area contributed by atoms with E-state index >= 15 is 0 Å². The van der Waals surface area contributed by atoms with Gasteiger partial charge in [0.15, 0.2) is 5.96 Å². The molecule has 2 aromatic heterocycles. The smallest absolute Gasteiger partial charge is 0.192 e. The summed E-state index contributed by atoms with van der Waals surface area (Å²) in [6, 6.07) is 4.56. The summed E-state index contributed by atoms with van der Waals surface area (Å²) in [5.74, 6) is 1.17. The Morgan fingerprint density at radius 1 is 1.27 bits per heavy atom. The molecule has 0 bridgehead atoms. The Morgan fingerprint density at radius 3 is 2.77 bits per heavy atom. The zero-order valence-corrected chi connectivity index (χ0v) is 16.3. The van der Waals surface area contributed by atoms with Crippen LogP contribution < -0.4 is 10.6 Å². The number of thiazole rings is 1. The molecule has 0 aliphatic rings. The highest BCUT2D eigenvalue weighted by Gasteiger charge is 2.11. The number of hydrogen-bond acceptors (Lipinski definition) is 4. The SMILES string of the molecule is CCNC(=NCc1oc2ccc(F)cc2c1C)NCc1nc(C)c(C)s1. The highest BCUT2D eigenvalue weighted by molar-refractivity contribution is 7.11. The second-order valence-electron chi connectivity index (χ2n) is 6.09. The standard InChI is InChI=1S/C19H23FN4OS/c1-5-21-19(23-10-18-24-12(3)13(4)26-18)22-9-17-11(2)15-8-14(20)6-7-16(15)25-17/h6-8H,5,9-10H2,1-4H3,(H2,21,22,23). The Hall–Kier alpha value is -2.41. The zero-order valence-electron chi connectivity index (χ0n) is 15.4. The van der Waals surface area contributed by atoms with Gasteiger partial charge in [-0.3, -0.25) is 0 Å². The molecule has 5 nitrogen and oxygen atoms in total. The van der Waals surface area contributed by atoms with Crippen LogP contribution in [0.1, 0.15) is 33.8 Å². The van der Waals surface area contributed by atoms with Crippen LogP contribution in [0, 0.1) is 26.6 Å². The van der Waals surface area contributed by atoms with E-state index in [1.165, 1.54) is 17.0 Å². The Bertz CT molecular complexity index is 925. The van der Waals surface area contributed by atoms with Gasteiger partial charge in [0, 0.05) is 22.4 Å². The molecule has 0 atom stereocenters. The van der Waals surface area contributed by atoms with Crippen molar-refractivity contribution in [2.75, 3.05) is 6.54 Å². The van der Waals surface area contributed by atoms with E-state index in [1.54, 1.807) is 17.4 Å². The number of aryl methyl sites for hydroxylation is 3. The second kappa shape index (κ2) is 7.86. The molecule has 3 aromatic rings. The Labute approximate surface area is 156 Å². The van der Waals surface area contributed by atoms with Gasteiger partial charge < -0.3 is 15.1 Å². The predicted octanol–water partition coefficient (Wildman–Crippen LogP) is 4.21. The summed E-state index contributed by atoms with van der Waals surface area (Å²) < 4.78 is 19.3. The highest BCUT2D eigenvalue weighted by atomic mass is 32.1. The molecule has 1 aromatic carbocycles. The number of benzene rings is 1. The van der Waals surface area contributed by atoms with Crippen molar-refractivity contribution in [1.29, 1.82) is 0 Å². The lowest BCUT2D eigenvalue weighted by atomic mass is 10.1. The summed E-state index contributed by atoms with van der Waals surface area (Å²) in [6.07, 6.45) is 0. The van der Waals surface area contributed by atoms with Crippen molar-refractivity contribution in [3.05, 3.63) is 50.9 Å². The van der Waals surface area contributed by atoms with Gasteiger partial charge in [0.2, 0.25) is 0 Å². The van der Waals surface area contributed by atoms with Crippen molar-refractivity contribution in [3.8, 4) is 0 Å². The first-order valence-electron chi connectivity index (χ1n) is 8.60. The van der Waals surface area contributed by atoms with Crippen LogP contribution in [0.2, 0.25) is 0 Å². The summed E-state index contributed by atoms with van der Waals surface area (Å²) in [5, 5.41) is 8.34. The molecule has 0 saturated heterocycles. The molecule has 0 saturated carbocycles. The molecule has 0 spiro atoms. The van der Waals surface area contributed by atoms with Crippen molar-refractivity contribution in [3.63, 3.8) is 0 Å². The lowest BCUT2D eigenvalue weighted by molar-refractivity contribution is 0.547.